The number of nitrogens with zero attached hydrogens (tertiary/aromatic N) is 1. The summed E-state index contributed by atoms with van der Waals surface area (Å²) in [6.45, 7) is -0.143. The van der Waals surface area contributed by atoms with E-state index in [1.54, 1.807) is 24.3 Å². The Morgan fingerprint density at radius 2 is 1.62 bits per heavy atom. The van der Waals surface area contributed by atoms with Gasteiger partial charge in [0, 0.05) is 16.3 Å². The zero-order valence-electron chi connectivity index (χ0n) is 16.2. The number of nitrogens with one attached hydrogen (secondary N) is 1. The first-order valence-electron chi connectivity index (χ1n) is 9.27. The van der Waals surface area contributed by atoms with Crippen LogP contribution in [0.2, 0.25) is 15.1 Å². The largest absolute Gasteiger partial charge is 0.508 e. The molecule has 0 spiro atoms. The maximum absolute atomic E-state index is 11.9. The third kappa shape index (κ3) is 4.47. The number of rotatable bonds is 5. The number of carbonyl (C=O) groups excluding carboxylic acids is 2. The summed E-state index contributed by atoms with van der Waals surface area (Å²) in [4.78, 5) is 24.5. The van der Waals surface area contributed by atoms with Crippen molar-refractivity contribution in [2.75, 3.05) is 11.4 Å². The third-order valence-electron chi connectivity index (χ3n) is 4.79. The van der Waals surface area contributed by atoms with Crippen molar-refractivity contribution in [3.05, 3.63) is 80.8 Å². The van der Waals surface area contributed by atoms with Crippen LogP contribution in [-0.4, -0.2) is 28.7 Å². The minimum atomic E-state index is -1.13. The molecule has 10 heteroatoms. The Kier molecular flexibility index (Phi) is 6.17. The molecule has 0 aromatic heterocycles. The molecule has 0 saturated carbocycles. The summed E-state index contributed by atoms with van der Waals surface area (Å²) < 4.78 is 5.81. The highest BCUT2D eigenvalue weighted by atomic mass is 35.5. The molecule has 1 fully saturated rings. The summed E-state index contributed by atoms with van der Waals surface area (Å²) in [6, 6.07) is 13.2. The molecule has 1 saturated heterocycles. The van der Waals surface area contributed by atoms with Crippen molar-refractivity contribution in [1.82, 2.24) is 5.32 Å². The smallest absolute Gasteiger partial charge is 0.329 e. The van der Waals surface area contributed by atoms with Gasteiger partial charge in [0.25, 0.3) is 0 Å². The lowest BCUT2D eigenvalue weighted by Crippen LogP contribution is -2.27. The molecule has 1 atom stereocenters. The maximum atomic E-state index is 11.9. The summed E-state index contributed by atoms with van der Waals surface area (Å²) in [6.07, 6.45) is -1.13. The first-order valence-corrected chi connectivity index (χ1v) is 10.4. The van der Waals surface area contributed by atoms with E-state index in [0.717, 1.165) is 0 Å². The summed E-state index contributed by atoms with van der Waals surface area (Å²) >= 11 is 18.5. The van der Waals surface area contributed by atoms with Gasteiger partial charge in [0.15, 0.2) is 5.75 Å². The van der Waals surface area contributed by atoms with E-state index < -0.39 is 18.0 Å². The van der Waals surface area contributed by atoms with Crippen LogP contribution in [0.15, 0.2) is 54.6 Å². The fourth-order valence-electron chi connectivity index (χ4n) is 3.21. The number of benzene rings is 3. The number of anilines is 1. The Balaban J connectivity index is 1.62. The van der Waals surface area contributed by atoms with E-state index in [0.29, 0.717) is 16.3 Å². The number of phenols is 1. The van der Waals surface area contributed by atoms with Gasteiger partial charge in [0.1, 0.15) is 24.1 Å². The lowest BCUT2D eigenvalue weighted by molar-refractivity contribution is -0.117. The molecule has 1 aliphatic rings. The van der Waals surface area contributed by atoms with Gasteiger partial charge >= 0.3 is 6.03 Å². The number of carbonyl (C=O) groups is 2. The van der Waals surface area contributed by atoms with Crippen molar-refractivity contribution in [3.8, 4) is 17.2 Å². The number of hydrogen-bond acceptors (Lipinski definition) is 5. The Morgan fingerprint density at radius 1 is 0.969 bits per heavy atom. The van der Waals surface area contributed by atoms with Crippen LogP contribution in [-0.2, 0) is 4.79 Å². The Labute approximate surface area is 197 Å². The molecule has 1 heterocycles. The van der Waals surface area contributed by atoms with Gasteiger partial charge in [-0.05, 0) is 48.0 Å². The standard InChI is InChI=1S/C22H15Cl3N2O5/c23-12-3-1-11(2-4-12)20(30)15-9-14(5-6-18(15)28)32-21-16(24)7-13(8-17(21)25)27-10-19(29)26-22(27)31/h1-9,20,28,30H,10H2,(H,26,29,31). The molecular formula is C22H15Cl3N2O5. The van der Waals surface area contributed by atoms with Gasteiger partial charge in [-0.3, -0.25) is 15.0 Å². The highest BCUT2D eigenvalue weighted by molar-refractivity contribution is 6.38. The molecule has 3 N–H and O–H groups in total. The zero-order chi connectivity index (χ0) is 23.0. The minimum Gasteiger partial charge on any atom is -0.508 e. The molecule has 0 radical (unpaired) electrons. The molecule has 3 aromatic rings. The molecule has 3 amide bonds. The van der Waals surface area contributed by atoms with E-state index in [-0.39, 0.29) is 39.4 Å². The molecule has 0 bridgehead atoms. The lowest BCUT2D eigenvalue weighted by Gasteiger charge is -2.18. The van der Waals surface area contributed by atoms with Crippen LogP contribution in [0, 0.1) is 0 Å². The molecule has 164 valence electrons. The maximum Gasteiger partial charge on any atom is 0.329 e. The molecule has 0 aliphatic carbocycles. The number of ether oxygens (including phenoxy) is 1. The van der Waals surface area contributed by atoms with Gasteiger partial charge in [-0.15, -0.1) is 0 Å². The van der Waals surface area contributed by atoms with Crippen molar-refractivity contribution in [2.45, 2.75) is 6.10 Å². The monoisotopic (exact) mass is 492 g/mol. The molecule has 1 unspecified atom stereocenters. The molecule has 7 nitrogen and oxygen atoms in total. The molecule has 4 rings (SSSR count). The van der Waals surface area contributed by atoms with E-state index in [1.807, 2.05) is 0 Å². The number of halogens is 3. The number of phenolic OH excluding ortho intramolecular Hbond substituents is 1. The highest BCUT2D eigenvalue weighted by Crippen LogP contribution is 2.41. The van der Waals surface area contributed by atoms with Crippen molar-refractivity contribution in [1.29, 1.82) is 0 Å². The van der Waals surface area contributed by atoms with Gasteiger partial charge in [-0.1, -0.05) is 46.9 Å². The number of urea groups is 1. The van der Waals surface area contributed by atoms with E-state index in [1.165, 1.54) is 35.2 Å². The molecule has 3 aromatic carbocycles. The van der Waals surface area contributed by atoms with Crippen LogP contribution < -0.4 is 15.0 Å². The van der Waals surface area contributed by atoms with Gasteiger partial charge in [-0.25, -0.2) is 4.79 Å². The number of imide groups is 1. The van der Waals surface area contributed by atoms with Crippen molar-refractivity contribution >= 4 is 52.4 Å². The Bertz CT molecular complexity index is 1190. The molecule has 1 aliphatic heterocycles. The number of aliphatic hydroxyl groups excluding tert-OH is 1. The normalized spacial score (nSPS) is 14.4. The van der Waals surface area contributed by atoms with Gasteiger partial charge in [0.05, 0.1) is 10.0 Å². The SMILES string of the molecule is O=C1CN(c2cc(Cl)c(Oc3ccc(O)c(C(O)c4ccc(Cl)cc4)c3)c(Cl)c2)C(=O)N1. The van der Waals surface area contributed by atoms with Crippen molar-refractivity contribution < 1.29 is 24.5 Å². The van der Waals surface area contributed by atoms with Crippen LogP contribution in [0.4, 0.5) is 10.5 Å². The fourth-order valence-corrected chi connectivity index (χ4v) is 3.89. The average molecular weight is 494 g/mol. The van der Waals surface area contributed by atoms with Gasteiger partial charge in [-0.2, -0.15) is 0 Å². The van der Waals surface area contributed by atoms with Crippen molar-refractivity contribution in [2.24, 2.45) is 0 Å². The Hall–Kier alpha value is -2.97. The number of aliphatic hydroxyl groups is 1. The summed E-state index contributed by atoms with van der Waals surface area (Å²) in [5.41, 5.74) is 1.07. The molecule has 32 heavy (non-hydrogen) atoms. The molecular weight excluding hydrogens is 479 g/mol. The summed E-state index contributed by atoms with van der Waals surface area (Å²) in [7, 11) is 0. The summed E-state index contributed by atoms with van der Waals surface area (Å²) in [5, 5.41) is 23.8. The second-order valence-electron chi connectivity index (χ2n) is 6.95. The van der Waals surface area contributed by atoms with E-state index >= 15 is 0 Å². The van der Waals surface area contributed by atoms with Gasteiger partial charge < -0.3 is 14.9 Å². The fraction of sp³-hybridized carbons (Fsp3) is 0.0909. The number of hydrogen-bond donors (Lipinski definition) is 3. The number of amides is 3. The van der Waals surface area contributed by atoms with Crippen LogP contribution in [0.3, 0.4) is 0 Å². The topological polar surface area (TPSA) is 99.1 Å². The zero-order valence-corrected chi connectivity index (χ0v) is 18.4. The first kappa shape index (κ1) is 22.2. The summed E-state index contributed by atoms with van der Waals surface area (Å²) in [5.74, 6) is -0.187. The van der Waals surface area contributed by atoms with Gasteiger partial charge in [0.2, 0.25) is 5.91 Å². The van der Waals surface area contributed by atoms with Crippen LogP contribution in [0.25, 0.3) is 0 Å². The quantitative estimate of drug-likeness (QED) is 0.420. The van der Waals surface area contributed by atoms with Crippen LogP contribution in [0.1, 0.15) is 17.2 Å². The van der Waals surface area contributed by atoms with Crippen LogP contribution in [0.5, 0.6) is 17.2 Å². The first-order chi connectivity index (χ1) is 15.2. The van der Waals surface area contributed by atoms with E-state index in [4.69, 9.17) is 39.5 Å². The Morgan fingerprint density at radius 3 is 2.22 bits per heavy atom. The van der Waals surface area contributed by atoms with Crippen LogP contribution >= 0.6 is 34.8 Å². The second kappa shape index (κ2) is 8.88. The van der Waals surface area contributed by atoms with E-state index in [2.05, 4.69) is 5.32 Å². The third-order valence-corrected chi connectivity index (χ3v) is 5.60. The minimum absolute atomic E-state index is 0.104. The average Bonchev–Trinajstić information content (AvgIpc) is 3.09. The number of aromatic hydroxyl groups is 1. The lowest BCUT2D eigenvalue weighted by atomic mass is 10.0. The predicted molar refractivity (Wildman–Crippen MR) is 121 cm³/mol. The highest BCUT2D eigenvalue weighted by Gasteiger charge is 2.29. The second-order valence-corrected chi connectivity index (χ2v) is 8.21. The van der Waals surface area contributed by atoms with E-state index in [9.17, 15) is 19.8 Å². The predicted octanol–water partition coefficient (Wildman–Crippen LogP) is 5.28. The van der Waals surface area contributed by atoms with Crippen molar-refractivity contribution in [3.63, 3.8) is 0 Å².